The zero-order valence-corrected chi connectivity index (χ0v) is 15.5. The number of nitrogens with one attached hydrogen (secondary N) is 2. The van der Waals surface area contributed by atoms with Gasteiger partial charge in [0.15, 0.2) is 0 Å². The Hall–Kier alpha value is -2.60. The second-order valence-electron chi connectivity index (χ2n) is 6.33. The smallest absolute Gasteiger partial charge is 0.319 e. The van der Waals surface area contributed by atoms with E-state index in [1.165, 1.54) is 0 Å². The van der Waals surface area contributed by atoms with Crippen LogP contribution < -0.4 is 15.4 Å². The summed E-state index contributed by atoms with van der Waals surface area (Å²) in [6.45, 7) is 4.51. The average Bonchev–Trinajstić information content (AvgIpc) is 2.57. The first-order chi connectivity index (χ1) is 11.9. The molecule has 0 aliphatic heterocycles. The number of carbonyl (C=O) groups is 1. The van der Waals surface area contributed by atoms with Crippen LogP contribution in [-0.4, -0.2) is 43.7 Å². The Morgan fingerprint density at radius 2 is 1.92 bits per heavy atom. The molecule has 0 aliphatic carbocycles. The zero-order valence-electron chi connectivity index (χ0n) is 15.5. The lowest BCUT2D eigenvalue weighted by Crippen LogP contribution is -2.37. The molecule has 0 radical (unpaired) electrons. The molecule has 6 nitrogen and oxygen atoms in total. The summed E-state index contributed by atoms with van der Waals surface area (Å²) in [5.41, 5.74) is 3.57. The highest BCUT2D eigenvalue weighted by Gasteiger charge is 2.16. The number of pyridine rings is 1. The number of amides is 2. The molecule has 0 fully saturated rings. The van der Waals surface area contributed by atoms with Crippen molar-refractivity contribution < 1.29 is 9.53 Å². The predicted molar refractivity (Wildman–Crippen MR) is 100 cm³/mol. The van der Waals surface area contributed by atoms with Gasteiger partial charge in [-0.1, -0.05) is 12.1 Å². The molecule has 1 atom stereocenters. The molecule has 2 amide bonds. The van der Waals surface area contributed by atoms with Crippen molar-refractivity contribution in [1.29, 1.82) is 0 Å². The van der Waals surface area contributed by atoms with Crippen molar-refractivity contribution in [2.24, 2.45) is 0 Å². The number of nitrogens with zero attached hydrogens (tertiary/aromatic N) is 2. The summed E-state index contributed by atoms with van der Waals surface area (Å²) >= 11 is 0. The van der Waals surface area contributed by atoms with Crippen LogP contribution in [0.1, 0.15) is 22.9 Å². The maximum Gasteiger partial charge on any atom is 0.319 e. The van der Waals surface area contributed by atoms with Crippen molar-refractivity contribution in [2.45, 2.75) is 19.9 Å². The summed E-state index contributed by atoms with van der Waals surface area (Å²) in [6, 6.07) is 9.22. The average molecular weight is 342 g/mol. The van der Waals surface area contributed by atoms with Gasteiger partial charge in [-0.25, -0.2) is 4.79 Å². The molecule has 0 aliphatic rings. The third-order valence-electron chi connectivity index (χ3n) is 3.86. The second kappa shape index (κ2) is 8.48. The molecule has 2 aromatic rings. The first-order valence-corrected chi connectivity index (χ1v) is 8.18. The van der Waals surface area contributed by atoms with Crippen LogP contribution in [0.5, 0.6) is 5.75 Å². The van der Waals surface area contributed by atoms with E-state index in [9.17, 15) is 4.79 Å². The van der Waals surface area contributed by atoms with Gasteiger partial charge in [0.2, 0.25) is 0 Å². The molecule has 1 aromatic carbocycles. The Kier molecular flexibility index (Phi) is 6.36. The molecule has 134 valence electrons. The number of aryl methyl sites for hydroxylation is 2. The van der Waals surface area contributed by atoms with Crippen molar-refractivity contribution in [2.75, 3.05) is 33.1 Å². The molecule has 0 saturated heterocycles. The lowest BCUT2D eigenvalue weighted by Gasteiger charge is -2.23. The van der Waals surface area contributed by atoms with E-state index in [1.807, 2.05) is 63.2 Å². The van der Waals surface area contributed by atoms with Crippen molar-refractivity contribution in [3.05, 3.63) is 53.3 Å². The fourth-order valence-electron chi connectivity index (χ4n) is 2.52. The first-order valence-electron chi connectivity index (χ1n) is 8.18. The van der Waals surface area contributed by atoms with Gasteiger partial charge < -0.3 is 20.3 Å². The van der Waals surface area contributed by atoms with Gasteiger partial charge in [0.05, 0.1) is 13.2 Å². The van der Waals surface area contributed by atoms with E-state index in [4.69, 9.17) is 4.74 Å². The molecule has 0 saturated carbocycles. The van der Waals surface area contributed by atoms with Gasteiger partial charge in [-0.3, -0.25) is 4.98 Å². The third-order valence-corrected chi connectivity index (χ3v) is 3.86. The quantitative estimate of drug-likeness (QED) is 0.846. The Morgan fingerprint density at radius 1 is 1.24 bits per heavy atom. The van der Waals surface area contributed by atoms with E-state index in [-0.39, 0.29) is 12.1 Å². The highest BCUT2D eigenvalue weighted by molar-refractivity contribution is 5.90. The minimum absolute atomic E-state index is 0.135. The molecule has 1 unspecified atom stereocenters. The number of benzene rings is 1. The van der Waals surface area contributed by atoms with Gasteiger partial charge in [-0.2, -0.15) is 0 Å². The number of hydrogen-bond donors (Lipinski definition) is 2. The zero-order chi connectivity index (χ0) is 18.4. The van der Waals surface area contributed by atoms with Gasteiger partial charge >= 0.3 is 6.03 Å². The maximum absolute atomic E-state index is 12.5. The maximum atomic E-state index is 12.5. The van der Waals surface area contributed by atoms with Gasteiger partial charge in [0, 0.05) is 24.1 Å². The van der Waals surface area contributed by atoms with E-state index >= 15 is 0 Å². The van der Waals surface area contributed by atoms with E-state index in [0.29, 0.717) is 6.54 Å². The minimum Gasteiger partial charge on any atom is -0.497 e. The first kappa shape index (κ1) is 18.7. The van der Waals surface area contributed by atoms with Crippen molar-refractivity contribution >= 4 is 11.7 Å². The van der Waals surface area contributed by atoms with Crippen LogP contribution in [-0.2, 0) is 0 Å². The number of rotatable bonds is 6. The van der Waals surface area contributed by atoms with Crippen LogP contribution in [0.15, 0.2) is 36.5 Å². The standard InChI is InChI=1S/C19H26N4O2/c1-13-11-20-14(2)10-17(13)21-19(24)22-18(12-23(3)4)15-6-8-16(25-5)9-7-15/h6-11,18H,12H2,1-5H3,(H2,20,21,22,24). The molecule has 2 rings (SSSR count). The molecule has 2 N–H and O–H groups in total. The van der Waals surface area contributed by atoms with E-state index in [2.05, 4.69) is 15.6 Å². The van der Waals surface area contributed by atoms with E-state index in [1.54, 1.807) is 13.3 Å². The van der Waals surface area contributed by atoms with Crippen LogP contribution in [0.25, 0.3) is 0 Å². The lowest BCUT2D eigenvalue weighted by atomic mass is 10.1. The third kappa shape index (κ3) is 5.46. The van der Waals surface area contributed by atoms with Crippen LogP contribution in [0.4, 0.5) is 10.5 Å². The van der Waals surface area contributed by atoms with Gasteiger partial charge in [0.1, 0.15) is 5.75 Å². The van der Waals surface area contributed by atoms with E-state index < -0.39 is 0 Å². The molecule has 1 heterocycles. The Labute approximate surface area is 149 Å². The molecule has 6 heteroatoms. The van der Waals surface area contributed by atoms with Gasteiger partial charge in [-0.15, -0.1) is 0 Å². The molecule has 25 heavy (non-hydrogen) atoms. The summed E-state index contributed by atoms with van der Waals surface area (Å²) in [6.07, 6.45) is 1.76. The highest BCUT2D eigenvalue weighted by Crippen LogP contribution is 2.19. The number of carbonyl (C=O) groups excluding carboxylic acids is 1. The fourth-order valence-corrected chi connectivity index (χ4v) is 2.52. The number of urea groups is 1. The number of aromatic nitrogens is 1. The number of likely N-dealkylation sites (N-methyl/N-ethyl adjacent to an activating group) is 1. The molecule has 0 bridgehead atoms. The number of anilines is 1. The van der Waals surface area contributed by atoms with Gasteiger partial charge in [0.25, 0.3) is 0 Å². The fraction of sp³-hybridized carbons (Fsp3) is 0.368. The largest absolute Gasteiger partial charge is 0.497 e. The summed E-state index contributed by atoms with van der Waals surface area (Å²) in [5, 5.41) is 5.96. The summed E-state index contributed by atoms with van der Waals surface area (Å²) in [5.74, 6) is 0.791. The number of ether oxygens (including phenoxy) is 1. The number of hydrogen-bond acceptors (Lipinski definition) is 4. The Balaban J connectivity index is 2.12. The van der Waals surface area contributed by atoms with Crippen molar-refractivity contribution in [3.63, 3.8) is 0 Å². The predicted octanol–water partition coefficient (Wildman–Crippen LogP) is 3.13. The normalized spacial score (nSPS) is 11.9. The summed E-state index contributed by atoms with van der Waals surface area (Å²) in [4.78, 5) is 18.7. The van der Waals surface area contributed by atoms with Crippen LogP contribution >= 0.6 is 0 Å². The molecular weight excluding hydrogens is 316 g/mol. The topological polar surface area (TPSA) is 66.5 Å². The van der Waals surface area contributed by atoms with Crippen molar-refractivity contribution in [1.82, 2.24) is 15.2 Å². The Bertz CT molecular complexity index is 714. The van der Waals surface area contributed by atoms with Crippen LogP contribution in [0.2, 0.25) is 0 Å². The molecule has 0 spiro atoms. The minimum atomic E-state index is -0.239. The second-order valence-corrected chi connectivity index (χ2v) is 6.33. The molecule has 1 aromatic heterocycles. The van der Waals surface area contributed by atoms with Crippen LogP contribution in [0.3, 0.4) is 0 Å². The van der Waals surface area contributed by atoms with Gasteiger partial charge in [-0.05, 0) is 57.3 Å². The lowest BCUT2D eigenvalue weighted by molar-refractivity contribution is 0.244. The van der Waals surface area contributed by atoms with Crippen molar-refractivity contribution in [3.8, 4) is 5.75 Å². The highest BCUT2D eigenvalue weighted by atomic mass is 16.5. The summed E-state index contributed by atoms with van der Waals surface area (Å²) < 4.78 is 5.20. The summed E-state index contributed by atoms with van der Waals surface area (Å²) in [7, 11) is 5.59. The van der Waals surface area contributed by atoms with E-state index in [0.717, 1.165) is 28.3 Å². The SMILES string of the molecule is COc1ccc(C(CN(C)C)NC(=O)Nc2cc(C)ncc2C)cc1. The van der Waals surface area contributed by atoms with Crippen LogP contribution in [0, 0.1) is 13.8 Å². The monoisotopic (exact) mass is 342 g/mol. The number of methoxy groups -OCH3 is 1. The Morgan fingerprint density at radius 3 is 2.52 bits per heavy atom. The molecular formula is C19H26N4O2.